The van der Waals surface area contributed by atoms with E-state index in [-0.39, 0.29) is 24.8 Å². The molecule has 1 saturated carbocycles. The number of ether oxygens (including phenoxy) is 3. The molecule has 1 aliphatic carbocycles. The summed E-state index contributed by atoms with van der Waals surface area (Å²) in [6.07, 6.45) is -2.50. The molecule has 1 heterocycles. The van der Waals surface area contributed by atoms with Crippen molar-refractivity contribution in [2.75, 3.05) is 44.5 Å². The van der Waals surface area contributed by atoms with Crippen molar-refractivity contribution in [2.45, 2.75) is 37.5 Å². The van der Waals surface area contributed by atoms with Gasteiger partial charge in [0.15, 0.2) is 23.4 Å². The van der Waals surface area contributed by atoms with E-state index in [9.17, 15) is 26.4 Å². The fraction of sp³-hybridized carbons (Fsp3) is 0.480. The Kier molecular flexibility index (Phi) is 7.88. The summed E-state index contributed by atoms with van der Waals surface area (Å²) in [4.78, 5) is 14.6. The highest BCUT2D eigenvalue weighted by atomic mass is 32.2. The quantitative estimate of drug-likeness (QED) is 0.428. The van der Waals surface area contributed by atoms with Crippen LogP contribution in [-0.4, -0.2) is 70.5 Å². The molecule has 1 aliphatic heterocycles. The molecule has 0 unspecified atom stereocenters. The van der Waals surface area contributed by atoms with Crippen LogP contribution in [0.25, 0.3) is 0 Å². The molecule has 1 atom stereocenters. The van der Waals surface area contributed by atoms with Crippen molar-refractivity contribution >= 4 is 21.6 Å². The van der Waals surface area contributed by atoms with E-state index in [4.69, 9.17) is 14.2 Å². The van der Waals surface area contributed by atoms with Crippen LogP contribution in [-0.2, 0) is 14.8 Å². The predicted octanol–water partition coefficient (Wildman–Crippen LogP) is 3.96. The molecule has 2 aliphatic rings. The monoisotopic (exact) mass is 542 g/mol. The highest BCUT2D eigenvalue weighted by molar-refractivity contribution is 7.89. The lowest BCUT2D eigenvalue weighted by Crippen LogP contribution is -2.37. The van der Waals surface area contributed by atoms with E-state index in [2.05, 4.69) is 0 Å². The number of rotatable bonds is 11. The molecule has 2 fully saturated rings. The van der Waals surface area contributed by atoms with Crippen molar-refractivity contribution in [3.63, 3.8) is 0 Å². The van der Waals surface area contributed by atoms with E-state index in [1.807, 2.05) is 24.3 Å². The Morgan fingerprint density at radius 2 is 1.76 bits per heavy atom. The average Bonchev–Trinajstić information content (AvgIpc) is 3.62. The minimum atomic E-state index is -4.83. The van der Waals surface area contributed by atoms with Gasteiger partial charge in [0.25, 0.3) is 5.91 Å². The van der Waals surface area contributed by atoms with Gasteiger partial charge in [-0.25, -0.2) is 12.7 Å². The maximum Gasteiger partial charge on any atom is 0.404 e. The molecule has 0 aromatic heterocycles. The molecule has 2 aromatic carbocycles. The van der Waals surface area contributed by atoms with Gasteiger partial charge in [-0.05, 0) is 48.6 Å². The number of hydrogen-bond donors (Lipinski definition) is 0. The van der Waals surface area contributed by atoms with Gasteiger partial charge in [-0.15, -0.1) is 0 Å². The molecule has 0 radical (unpaired) electrons. The fourth-order valence-electron chi connectivity index (χ4n) is 4.10. The lowest BCUT2D eigenvalue weighted by molar-refractivity contribution is -0.122. The van der Waals surface area contributed by atoms with Gasteiger partial charge >= 0.3 is 6.18 Å². The van der Waals surface area contributed by atoms with Crippen molar-refractivity contribution in [3.05, 3.63) is 48.0 Å². The number of halogens is 3. The van der Waals surface area contributed by atoms with E-state index in [1.54, 1.807) is 23.1 Å². The SMILES string of the molecule is COc1cc(N2CC[C@H](Oc3ccc(C4CC4)cc3)C2=O)ccc1OCCN(C)S(=O)(=O)CC(F)(F)F. The Balaban J connectivity index is 1.34. The first kappa shape index (κ1) is 27.1. The molecule has 0 bridgehead atoms. The van der Waals surface area contributed by atoms with Gasteiger partial charge in [-0.2, -0.15) is 13.2 Å². The highest BCUT2D eigenvalue weighted by Crippen LogP contribution is 2.40. The first-order valence-corrected chi connectivity index (χ1v) is 13.5. The summed E-state index contributed by atoms with van der Waals surface area (Å²) < 4.78 is 78.5. The number of amides is 1. The lowest BCUT2D eigenvalue weighted by atomic mass is 10.1. The Morgan fingerprint density at radius 1 is 1.05 bits per heavy atom. The zero-order valence-corrected chi connectivity index (χ0v) is 21.3. The Morgan fingerprint density at radius 3 is 2.38 bits per heavy atom. The van der Waals surface area contributed by atoms with Crippen LogP contribution >= 0.6 is 0 Å². The first-order chi connectivity index (χ1) is 17.5. The number of methoxy groups -OCH3 is 1. The van der Waals surface area contributed by atoms with Crippen LogP contribution in [0.1, 0.15) is 30.7 Å². The zero-order valence-electron chi connectivity index (χ0n) is 20.5. The molecule has 8 nitrogen and oxygen atoms in total. The molecule has 4 rings (SSSR count). The number of alkyl halides is 3. The van der Waals surface area contributed by atoms with E-state index < -0.39 is 28.1 Å². The second kappa shape index (κ2) is 10.8. The van der Waals surface area contributed by atoms with Crippen LogP contribution < -0.4 is 19.1 Å². The van der Waals surface area contributed by atoms with Gasteiger partial charge < -0.3 is 19.1 Å². The summed E-state index contributed by atoms with van der Waals surface area (Å²) in [7, 11) is -2.03. The van der Waals surface area contributed by atoms with Crippen LogP contribution in [0.3, 0.4) is 0 Å². The first-order valence-electron chi connectivity index (χ1n) is 11.9. The van der Waals surface area contributed by atoms with Crippen molar-refractivity contribution in [1.29, 1.82) is 0 Å². The predicted molar refractivity (Wildman–Crippen MR) is 131 cm³/mol. The number of sulfonamides is 1. The molecular weight excluding hydrogens is 513 g/mol. The standard InChI is InChI=1S/C25H29F3N2O6S/c1-29(37(32,33)16-25(26,27)28)13-14-35-21-10-7-19(15-23(21)34-2)30-12-11-22(24(30)31)36-20-8-5-18(6-9-20)17-3-4-17/h5-10,15,17,22H,3-4,11-14,16H2,1-2H3/t22-/m0/s1. The number of hydrogen-bond acceptors (Lipinski definition) is 6. The van der Waals surface area contributed by atoms with Crippen LogP contribution in [0.2, 0.25) is 0 Å². The largest absolute Gasteiger partial charge is 0.493 e. The van der Waals surface area contributed by atoms with Crippen LogP contribution in [0, 0.1) is 0 Å². The van der Waals surface area contributed by atoms with E-state index >= 15 is 0 Å². The van der Waals surface area contributed by atoms with Crippen molar-refractivity contribution in [2.24, 2.45) is 0 Å². The Hall–Kier alpha value is -2.99. The highest BCUT2D eigenvalue weighted by Gasteiger charge is 2.37. The molecule has 1 saturated heterocycles. The topological polar surface area (TPSA) is 85.4 Å². The number of likely N-dealkylation sites (N-methyl/N-ethyl adjacent to an activating group) is 1. The van der Waals surface area contributed by atoms with Crippen molar-refractivity contribution < 1.29 is 40.6 Å². The Bertz CT molecular complexity index is 1220. The summed E-state index contributed by atoms with van der Waals surface area (Å²) in [6.45, 7) is -0.0230. The van der Waals surface area contributed by atoms with Gasteiger partial charge in [-0.1, -0.05) is 12.1 Å². The minimum absolute atomic E-state index is 0.182. The number of nitrogens with zero attached hydrogens (tertiary/aromatic N) is 2. The maximum absolute atomic E-state index is 13.0. The molecule has 2 aromatic rings. The minimum Gasteiger partial charge on any atom is -0.493 e. The summed E-state index contributed by atoms with van der Waals surface area (Å²) in [5.74, 6) is -0.266. The van der Waals surface area contributed by atoms with E-state index in [0.717, 1.165) is 7.05 Å². The molecular formula is C25H29F3N2O6S. The summed E-state index contributed by atoms with van der Waals surface area (Å²) in [6, 6.07) is 12.7. The molecule has 0 N–H and O–H groups in total. The van der Waals surface area contributed by atoms with E-state index in [1.165, 1.54) is 25.5 Å². The van der Waals surface area contributed by atoms with Crippen LogP contribution in [0.5, 0.6) is 17.2 Å². The summed E-state index contributed by atoms with van der Waals surface area (Å²) in [5, 5.41) is 0. The normalized spacial score (nSPS) is 18.4. The molecule has 37 heavy (non-hydrogen) atoms. The van der Waals surface area contributed by atoms with Crippen LogP contribution in [0.4, 0.5) is 18.9 Å². The van der Waals surface area contributed by atoms with Crippen LogP contribution in [0.15, 0.2) is 42.5 Å². The van der Waals surface area contributed by atoms with Gasteiger partial charge in [0.1, 0.15) is 12.4 Å². The number of carbonyl (C=O) groups is 1. The van der Waals surface area contributed by atoms with Crippen molar-refractivity contribution in [1.82, 2.24) is 4.31 Å². The maximum atomic E-state index is 13.0. The molecule has 12 heteroatoms. The smallest absolute Gasteiger partial charge is 0.404 e. The zero-order chi connectivity index (χ0) is 26.8. The molecule has 1 amide bonds. The summed E-state index contributed by atoms with van der Waals surface area (Å²) >= 11 is 0. The van der Waals surface area contributed by atoms with Gasteiger partial charge in [-0.3, -0.25) is 4.79 Å². The molecule has 202 valence electrons. The molecule has 0 spiro atoms. The lowest BCUT2D eigenvalue weighted by Gasteiger charge is -2.21. The van der Waals surface area contributed by atoms with Gasteiger partial charge in [0.05, 0.1) is 7.11 Å². The second-order valence-electron chi connectivity index (χ2n) is 9.10. The second-order valence-corrected chi connectivity index (χ2v) is 11.2. The summed E-state index contributed by atoms with van der Waals surface area (Å²) in [5.41, 5.74) is 1.87. The Labute approximate surface area is 214 Å². The number of carbonyl (C=O) groups excluding carboxylic acids is 1. The third-order valence-corrected chi connectivity index (χ3v) is 8.13. The third kappa shape index (κ3) is 6.86. The fourth-order valence-corrected chi connectivity index (χ4v) is 5.09. The van der Waals surface area contributed by atoms with Gasteiger partial charge in [0, 0.05) is 38.3 Å². The number of anilines is 1. The van der Waals surface area contributed by atoms with E-state index in [0.29, 0.717) is 40.4 Å². The average molecular weight is 543 g/mol. The third-order valence-electron chi connectivity index (χ3n) is 6.31. The number of benzene rings is 2. The van der Waals surface area contributed by atoms with Gasteiger partial charge in [0.2, 0.25) is 10.0 Å². The van der Waals surface area contributed by atoms with Crippen molar-refractivity contribution in [3.8, 4) is 17.2 Å².